The number of carbonyl (C=O) groups is 2. The molecule has 0 bridgehead atoms. The third kappa shape index (κ3) is 4.23. The molecule has 1 N–H and O–H groups in total. The highest BCUT2D eigenvalue weighted by molar-refractivity contribution is 5.94. The molecule has 2 amide bonds. The Morgan fingerprint density at radius 3 is 2.72 bits per heavy atom. The summed E-state index contributed by atoms with van der Waals surface area (Å²) < 4.78 is 26.8. The van der Waals surface area contributed by atoms with Gasteiger partial charge < -0.3 is 15.1 Å². The zero-order valence-electron chi connectivity index (χ0n) is 16.0. The van der Waals surface area contributed by atoms with Crippen LogP contribution in [0.1, 0.15) is 30.7 Å². The van der Waals surface area contributed by atoms with Crippen molar-refractivity contribution in [3.63, 3.8) is 0 Å². The average Bonchev–Trinajstić information content (AvgIpc) is 3.26. The molecule has 2 aromatic rings. The first-order chi connectivity index (χ1) is 14.0. The molecule has 7 heteroatoms. The van der Waals surface area contributed by atoms with Crippen LogP contribution in [-0.2, 0) is 9.59 Å². The molecule has 0 aliphatic carbocycles. The molecule has 0 spiro atoms. The molecule has 0 saturated carbocycles. The summed E-state index contributed by atoms with van der Waals surface area (Å²) in [6, 6.07) is 11.0. The Bertz CT molecular complexity index is 934. The monoisotopic (exact) mass is 399 g/mol. The number of fused-ring (bicyclic) bond motifs is 1. The number of amides is 2. The molecular weight excluding hydrogens is 376 g/mol. The number of likely N-dealkylation sites (tertiary alicyclic amines) is 1. The van der Waals surface area contributed by atoms with E-state index >= 15 is 0 Å². The van der Waals surface area contributed by atoms with Gasteiger partial charge in [0, 0.05) is 43.7 Å². The summed E-state index contributed by atoms with van der Waals surface area (Å²) in [6.07, 6.45) is 2.40. The van der Waals surface area contributed by atoms with Crippen LogP contribution in [0.25, 0.3) is 0 Å². The lowest BCUT2D eigenvalue weighted by Crippen LogP contribution is -2.33. The number of nitrogens with zero attached hydrogens (tertiary/aromatic N) is 2. The van der Waals surface area contributed by atoms with E-state index in [9.17, 15) is 18.4 Å². The SMILES string of the molecule is O=C(CN1CC(CCN2CCCC2=O)c2ccccc21)Nc1ccc(F)cc1F. The Labute approximate surface area is 168 Å². The van der Waals surface area contributed by atoms with Crippen molar-refractivity contribution < 1.29 is 18.4 Å². The summed E-state index contributed by atoms with van der Waals surface area (Å²) in [4.78, 5) is 28.2. The van der Waals surface area contributed by atoms with E-state index in [0.717, 1.165) is 43.8 Å². The van der Waals surface area contributed by atoms with Crippen molar-refractivity contribution in [3.05, 3.63) is 59.7 Å². The molecule has 29 heavy (non-hydrogen) atoms. The number of nitrogens with one attached hydrogen (secondary N) is 1. The Morgan fingerprint density at radius 1 is 1.14 bits per heavy atom. The third-order valence-corrected chi connectivity index (χ3v) is 5.62. The van der Waals surface area contributed by atoms with Gasteiger partial charge in [0.15, 0.2) is 0 Å². The number of halogens is 2. The lowest BCUT2D eigenvalue weighted by atomic mass is 9.98. The van der Waals surface area contributed by atoms with Crippen molar-refractivity contribution in [2.45, 2.75) is 25.2 Å². The first-order valence-corrected chi connectivity index (χ1v) is 9.88. The number of carbonyl (C=O) groups excluding carboxylic acids is 2. The van der Waals surface area contributed by atoms with Gasteiger partial charge in [-0.15, -0.1) is 0 Å². The van der Waals surface area contributed by atoms with Gasteiger partial charge in [-0.2, -0.15) is 0 Å². The maximum atomic E-state index is 13.8. The summed E-state index contributed by atoms with van der Waals surface area (Å²) in [5.74, 6) is -1.40. The Balaban J connectivity index is 1.41. The third-order valence-electron chi connectivity index (χ3n) is 5.62. The van der Waals surface area contributed by atoms with E-state index in [0.29, 0.717) is 13.0 Å². The van der Waals surface area contributed by atoms with E-state index in [4.69, 9.17) is 0 Å². The standard InChI is InChI=1S/C22H23F2N3O2/c23-16-7-8-19(18(24)12-16)25-21(28)14-27-13-15(17-4-1-2-5-20(17)27)9-11-26-10-3-6-22(26)29/h1-2,4-5,7-8,12,15H,3,6,9-11,13-14H2,(H,25,28). The summed E-state index contributed by atoms with van der Waals surface area (Å²) in [6.45, 7) is 2.29. The van der Waals surface area contributed by atoms with Gasteiger partial charge in [0.25, 0.3) is 0 Å². The predicted molar refractivity (Wildman–Crippen MR) is 107 cm³/mol. The molecule has 2 aliphatic heterocycles. The first kappa shape index (κ1) is 19.4. The number of rotatable bonds is 6. The first-order valence-electron chi connectivity index (χ1n) is 9.88. The summed E-state index contributed by atoms with van der Waals surface area (Å²) >= 11 is 0. The fraction of sp³-hybridized carbons (Fsp3) is 0.364. The van der Waals surface area contributed by atoms with Crippen molar-refractivity contribution in [2.24, 2.45) is 0 Å². The zero-order chi connectivity index (χ0) is 20.4. The highest BCUT2D eigenvalue weighted by Crippen LogP contribution is 2.38. The van der Waals surface area contributed by atoms with Crippen molar-refractivity contribution in [3.8, 4) is 0 Å². The minimum Gasteiger partial charge on any atom is -0.361 e. The second kappa shape index (κ2) is 8.19. The second-order valence-electron chi connectivity index (χ2n) is 7.58. The number of para-hydroxylation sites is 1. The van der Waals surface area contributed by atoms with Gasteiger partial charge in [0.05, 0.1) is 12.2 Å². The van der Waals surface area contributed by atoms with Gasteiger partial charge in [-0.1, -0.05) is 18.2 Å². The maximum absolute atomic E-state index is 13.8. The minimum absolute atomic E-state index is 0.0343. The van der Waals surface area contributed by atoms with Crippen LogP contribution < -0.4 is 10.2 Å². The molecule has 4 rings (SSSR count). The van der Waals surface area contributed by atoms with Crippen LogP contribution in [0.4, 0.5) is 20.2 Å². The quantitative estimate of drug-likeness (QED) is 0.809. The van der Waals surface area contributed by atoms with Gasteiger partial charge in [-0.05, 0) is 36.6 Å². The zero-order valence-corrected chi connectivity index (χ0v) is 16.0. The second-order valence-corrected chi connectivity index (χ2v) is 7.58. The van der Waals surface area contributed by atoms with E-state index < -0.39 is 11.6 Å². The van der Waals surface area contributed by atoms with Gasteiger partial charge >= 0.3 is 0 Å². The molecule has 0 aromatic heterocycles. The van der Waals surface area contributed by atoms with Crippen molar-refractivity contribution in [2.75, 3.05) is 36.4 Å². The average molecular weight is 399 g/mol. The fourth-order valence-electron chi connectivity index (χ4n) is 4.19. The number of hydrogen-bond donors (Lipinski definition) is 1. The van der Waals surface area contributed by atoms with E-state index in [1.807, 2.05) is 28.0 Å². The highest BCUT2D eigenvalue weighted by atomic mass is 19.1. The molecule has 2 aromatic carbocycles. The molecule has 1 saturated heterocycles. The van der Waals surface area contributed by atoms with Gasteiger partial charge in [-0.3, -0.25) is 9.59 Å². The van der Waals surface area contributed by atoms with E-state index in [-0.39, 0.29) is 30.0 Å². The molecule has 1 unspecified atom stereocenters. The molecule has 0 radical (unpaired) electrons. The van der Waals surface area contributed by atoms with Crippen LogP contribution >= 0.6 is 0 Å². The summed E-state index contributed by atoms with van der Waals surface area (Å²) in [7, 11) is 0. The lowest BCUT2D eigenvalue weighted by Gasteiger charge is -2.21. The Kier molecular flexibility index (Phi) is 5.47. The fourth-order valence-corrected chi connectivity index (χ4v) is 4.19. The Morgan fingerprint density at radius 2 is 1.97 bits per heavy atom. The van der Waals surface area contributed by atoms with Crippen molar-refractivity contribution in [1.29, 1.82) is 0 Å². The van der Waals surface area contributed by atoms with Crippen LogP contribution in [0.15, 0.2) is 42.5 Å². The van der Waals surface area contributed by atoms with E-state index in [2.05, 4.69) is 11.4 Å². The van der Waals surface area contributed by atoms with Gasteiger partial charge in [0.2, 0.25) is 11.8 Å². The number of anilines is 2. The largest absolute Gasteiger partial charge is 0.361 e. The van der Waals surface area contributed by atoms with Crippen LogP contribution in [0.2, 0.25) is 0 Å². The predicted octanol–water partition coefficient (Wildman–Crippen LogP) is 3.52. The van der Waals surface area contributed by atoms with Gasteiger partial charge in [0.1, 0.15) is 11.6 Å². The van der Waals surface area contributed by atoms with E-state index in [1.165, 1.54) is 11.6 Å². The van der Waals surface area contributed by atoms with Crippen molar-refractivity contribution >= 4 is 23.2 Å². The number of hydrogen-bond acceptors (Lipinski definition) is 3. The minimum atomic E-state index is -0.798. The summed E-state index contributed by atoms with van der Waals surface area (Å²) in [5, 5.41) is 2.52. The molecular formula is C22H23F2N3O2. The normalized spacial score (nSPS) is 18.3. The van der Waals surface area contributed by atoms with Crippen LogP contribution in [0.5, 0.6) is 0 Å². The summed E-state index contributed by atoms with van der Waals surface area (Å²) in [5.41, 5.74) is 2.12. The molecule has 5 nitrogen and oxygen atoms in total. The van der Waals surface area contributed by atoms with Gasteiger partial charge in [-0.25, -0.2) is 8.78 Å². The van der Waals surface area contributed by atoms with Crippen LogP contribution in [-0.4, -0.2) is 42.9 Å². The molecule has 152 valence electrons. The molecule has 1 fully saturated rings. The van der Waals surface area contributed by atoms with E-state index in [1.54, 1.807) is 0 Å². The Hall–Kier alpha value is -2.96. The maximum Gasteiger partial charge on any atom is 0.243 e. The number of benzene rings is 2. The molecule has 1 atom stereocenters. The van der Waals surface area contributed by atoms with Crippen molar-refractivity contribution in [1.82, 2.24) is 4.90 Å². The smallest absolute Gasteiger partial charge is 0.243 e. The molecule has 2 aliphatic rings. The molecule has 2 heterocycles. The highest BCUT2D eigenvalue weighted by Gasteiger charge is 2.30. The topological polar surface area (TPSA) is 52.7 Å². The lowest BCUT2D eigenvalue weighted by molar-refractivity contribution is -0.127. The van der Waals surface area contributed by atoms with Crippen LogP contribution in [0.3, 0.4) is 0 Å². The van der Waals surface area contributed by atoms with Crippen LogP contribution in [0, 0.1) is 11.6 Å².